The van der Waals surface area contributed by atoms with Gasteiger partial charge in [-0.1, -0.05) is 26.8 Å². The van der Waals surface area contributed by atoms with Gasteiger partial charge in [0.25, 0.3) is 0 Å². The van der Waals surface area contributed by atoms with Crippen LogP contribution >= 0.6 is 25.3 Å². The number of amides is 2. The number of nitrogens with one attached hydrogen (secondary N) is 4. The summed E-state index contributed by atoms with van der Waals surface area (Å²) in [6, 6.07) is -0.463. The Kier molecular flexibility index (Phi) is 10.7. The minimum absolute atomic E-state index is 0.0107. The molecule has 0 spiro atoms. The molecule has 1 aromatic rings. The van der Waals surface area contributed by atoms with Crippen molar-refractivity contribution in [2.24, 2.45) is 17.8 Å². The van der Waals surface area contributed by atoms with E-state index in [1.165, 1.54) is 6.08 Å². The van der Waals surface area contributed by atoms with Crippen LogP contribution in [0.2, 0.25) is 0 Å². The van der Waals surface area contributed by atoms with E-state index in [0.717, 1.165) is 45.6 Å². The minimum atomic E-state index is -1.32. The summed E-state index contributed by atoms with van der Waals surface area (Å²) in [5.74, 6) is -2.71. The van der Waals surface area contributed by atoms with Crippen LogP contribution in [0.3, 0.4) is 0 Å². The maximum Gasteiger partial charge on any atom is 0.303 e. The van der Waals surface area contributed by atoms with Crippen LogP contribution in [0.1, 0.15) is 70.0 Å². The van der Waals surface area contributed by atoms with Gasteiger partial charge in [0.05, 0.1) is 18.1 Å². The van der Waals surface area contributed by atoms with Gasteiger partial charge in [0.2, 0.25) is 11.8 Å². The molecule has 7 atom stereocenters. The van der Waals surface area contributed by atoms with Gasteiger partial charge in [-0.05, 0) is 61.6 Å². The Balaban J connectivity index is 1.70. The van der Waals surface area contributed by atoms with Crippen molar-refractivity contribution in [3.63, 3.8) is 0 Å². The highest BCUT2D eigenvalue weighted by molar-refractivity contribution is 7.81. The van der Waals surface area contributed by atoms with Crippen LogP contribution in [-0.2, 0) is 32.0 Å². The lowest BCUT2D eigenvalue weighted by molar-refractivity contribution is -0.297. The second-order valence-electron chi connectivity index (χ2n) is 12.5. The molecule has 4 rings (SSSR count). The van der Waals surface area contributed by atoms with E-state index in [1.54, 1.807) is 0 Å². The van der Waals surface area contributed by atoms with Crippen molar-refractivity contribution in [3.8, 4) is 0 Å². The van der Waals surface area contributed by atoms with Crippen LogP contribution in [0.5, 0.6) is 0 Å². The molecule has 3 aliphatic heterocycles. The monoisotopic (exact) mass is 655 g/mol. The van der Waals surface area contributed by atoms with E-state index >= 15 is 0 Å². The molecular weight excluding hydrogens is 613 g/mol. The molecule has 2 unspecified atom stereocenters. The number of allylic oxidation sites excluding steroid dienone is 2. The fraction of sp³-hybridized carbons (Fsp3) is 0.515. The predicted molar refractivity (Wildman–Crippen MR) is 177 cm³/mol. The Hall–Kier alpha value is -3.38. The second-order valence-corrected chi connectivity index (χ2v) is 14.0. The highest BCUT2D eigenvalue weighted by Crippen LogP contribution is 2.37. The number of rotatable bonds is 12. The lowest BCUT2D eigenvalue weighted by atomic mass is 9.87. The number of aliphatic carboxylic acids is 2. The molecule has 0 bridgehead atoms. The first-order chi connectivity index (χ1) is 21.1. The number of carboxylic acid groups (broad SMARTS) is 2. The van der Waals surface area contributed by atoms with Crippen molar-refractivity contribution < 1.29 is 29.4 Å². The molecule has 3 aliphatic rings. The van der Waals surface area contributed by atoms with Crippen LogP contribution < -0.4 is 21.1 Å². The molecule has 1 saturated heterocycles. The number of H-pyrrole nitrogens is 1. The predicted octanol–water partition coefficient (Wildman–Crippen LogP) is 2.62. The Morgan fingerprint density at radius 1 is 1.09 bits per heavy atom. The number of carbonyl (C=O) groups is 4. The molecule has 0 aliphatic carbocycles. The first-order valence-electron chi connectivity index (χ1n) is 15.3. The van der Waals surface area contributed by atoms with Gasteiger partial charge in [-0.2, -0.15) is 25.3 Å². The van der Waals surface area contributed by atoms with Gasteiger partial charge in [-0.25, -0.2) is 0 Å². The maximum absolute atomic E-state index is 12.6. The fourth-order valence-corrected chi connectivity index (χ4v) is 7.74. The summed E-state index contributed by atoms with van der Waals surface area (Å²) in [5.41, 5.74) is 7.37. The number of hydrogen-bond donors (Lipinski definition) is 7. The highest BCUT2D eigenvalue weighted by atomic mass is 32.1. The van der Waals surface area contributed by atoms with E-state index in [9.17, 15) is 29.4 Å². The van der Waals surface area contributed by atoms with E-state index in [4.69, 9.17) is 0 Å². The van der Waals surface area contributed by atoms with Crippen LogP contribution in [0.4, 0.5) is 0 Å². The van der Waals surface area contributed by atoms with Crippen LogP contribution in [0.25, 0.3) is 6.08 Å². The number of carboxylic acids is 2. The van der Waals surface area contributed by atoms with Crippen LogP contribution in [0.15, 0.2) is 40.3 Å². The van der Waals surface area contributed by atoms with Gasteiger partial charge in [0.15, 0.2) is 0 Å². The molecule has 12 heteroatoms. The third kappa shape index (κ3) is 7.38. The molecule has 1 fully saturated rings. The van der Waals surface area contributed by atoms with E-state index in [2.05, 4.69) is 46.2 Å². The molecule has 0 radical (unpaired) electrons. The Bertz CT molecular complexity index is 1520. The molecule has 5 N–H and O–H groups in total. The first-order valence-corrected chi connectivity index (χ1v) is 16.3. The summed E-state index contributed by atoms with van der Waals surface area (Å²) in [6.07, 6.45) is 5.64. The summed E-state index contributed by atoms with van der Waals surface area (Å²) in [6.45, 7) is 11.6. The molecule has 45 heavy (non-hydrogen) atoms. The van der Waals surface area contributed by atoms with E-state index in [1.807, 2.05) is 47.6 Å². The third-order valence-corrected chi connectivity index (χ3v) is 10.1. The fourth-order valence-electron chi connectivity index (χ4n) is 6.97. The number of hydrogen-bond acceptors (Lipinski definition) is 8. The second kappa shape index (κ2) is 13.9. The zero-order chi connectivity index (χ0) is 33.3. The summed E-state index contributed by atoms with van der Waals surface area (Å²) >= 11 is 9.12. The van der Waals surface area contributed by atoms with E-state index in [-0.39, 0.29) is 58.6 Å². The lowest BCUT2D eigenvalue weighted by Crippen LogP contribution is -2.32. The van der Waals surface area contributed by atoms with Gasteiger partial charge in [0.1, 0.15) is 0 Å². The summed E-state index contributed by atoms with van der Waals surface area (Å²) < 4.78 is 0. The van der Waals surface area contributed by atoms with Crippen LogP contribution in [-0.4, -0.2) is 56.4 Å². The van der Waals surface area contributed by atoms with E-state index in [0.29, 0.717) is 30.4 Å². The van der Waals surface area contributed by atoms with Crippen molar-refractivity contribution in [1.29, 1.82) is 0 Å². The smallest absolute Gasteiger partial charge is 0.303 e. The van der Waals surface area contributed by atoms with Crippen molar-refractivity contribution in [2.45, 2.75) is 89.8 Å². The molecular formula is C33H43N4O6S2-. The molecule has 0 saturated carbocycles. The SMILES string of the molecule is CC1=C([C@@H](C)S)C(=O)N[C@@H]1Cc1[nH]c(CC2=C(CCC(=O)O)C(C)/C(=C\C3NC(=O)[C@H](C)[C@H]3[C@H](C)S)N2)c(/C=C/C(=O)[O-])c1C. The molecule has 1 aromatic heterocycles. The first kappa shape index (κ1) is 34.5. The van der Waals surface area contributed by atoms with Gasteiger partial charge in [-0.3, -0.25) is 14.4 Å². The number of aromatic nitrogens is 1. The standard InChI is InChI=1S/C33H44N4O6S2/c1-14-20(7-9-28(38)39)25(34-22(14)11-24-16(3)31(19(6)45)33(43)36-24)13-26-21(8-10-29(40)41)15(2)23(35-26)12-27-30(18(5)44)17(4)32(42)37-27/h7,9,12,15,17-19,24,27,30,34-35,44-45H,8,10-11,13H2,1-6H3,(H,36,43)(H,37,42)(H,38,39)(H,40,41)/p-1/b9-7+,23-12+/t15?,17-,18+,19-,24-,27?,30+/m1/s1. The number of carbonyl (C=O) groups excluding carboxylic acids is 3. The van der Waals surface area contributed by atoms with Gasteiger partial charge < -0.3 is 35.9 Å². The molecule has 244 valence electrons. The van der Waals surface area contributed by atoms with Gasteiger partial charge >= 0.3 is 5.97 Å². The molecule has 10 nitrogen and oxygen atoms in total. The lowest BCUT2D eigenvalue weighted by Gasteiger charge is -2.23. The van der Waals surface area contributed by atoms with E-state index < -0.39 is 11.9 Å². The molecule has 2 amide bonds. The highest BCUT2D eigenvalue weighted by Gasteiger charge is 2.41. The normalized spacial score (nSPS) is 27.4. The molecule has 0 aromatic carbocycles. The maximum atomic E-state index is 12.6. The summed E-state index contributed by atoms with van der Waals surface area (Å²) in [5, 5.41) is 30.3. The Morgan fingerprint density at radius 2 is 1.78 bits per heavy atom. The quantitative estimate of drug-likeness (QED) is 0.134. The number of thiol groups is 2. The molecule has 4 heterocycles. The topological polar surface area (TPSA) is 163 Å². The van der Waals surface area contributed by atoms with Gasteiger partial charge in [-0.15, -0.1) is 0 Å². The third-order valence-electron chi connectivity index (χ3n) is 9.46. The number of aromatic amines is 1. The Labute approximate surface area is 275 Å². The van der Waals surface area contributed by atoms with Gasteiger partial charge in [0, 0.05) is 75.9 Å². The van der Waals surface area contributed by atoms with Crippen molar-refractivity contribution in [3.05, 3.63) is 62.8 Å². The Morgan fingerprint density at radius 3 is 2.36 bits per heavy atom. The zero-order valence-corrected chi connectivity index (χ0v) is 28.3. The van der Waals surface area contributed by atoms with Crippen molar-refractivity contribution in [1.82, 2.24) is 20.9 Å². The summed E-state index contributed by atoms with van der Waals surface area (Å²) in [7, 11) is 0. The zero-order valence-electron chi connectivity index (χ0n) is 26.5. The minimum Gasteiger partial charge on any atom is -0.545 e. The average Bonchev–Trinajstić information content (AvgIpc) is 3.59. The van der Waals surface area contributed by atoms with Crippen molar-refractivity contribution >= 4 is 55.1 Å². The van der Waals surface area contributed by atoms with Crippen LogP contribution in [0, 0.1) is 24.7 Å². The summed E-state index contributed by atoms with van der Waals surface area (Å²) in [4.78, 5) is 51.6. The van der Waals surface area contributed by atoms with Crippen molar-refractivity contribution in [2.75, 3.05) is 0 Å². The largest absolute Gasteiger partial charge is 0.545 e. The average molecular weight is 656 g/mol.